The van der Waals surface area contributed by atoms with Gasteiger partial charge >= 0.3 is 0 Å². The topological polar surface area (TPSA) is 94.8 Å². The van der Waals surface area contributed by atoms with Gasteiger partial charge in [-0.25, -0.2) is 4.98 Å². The zero-order valence-corrected chi connectivity index (χ0v) is 17.8. The van der Waals surface area contributed by atoms with E-state index in [1.807, 2.05) is 24.3 Å². The second-order valence-electron chi connectivity index (χ2n) is 8.18. The Morgan fingerprint density at radius 2 is 1.58 bits per heavy atom. The monoisotopic (exact) mass is 422 g/mol. The highest BCUT2D eigenvalue weighted by molar-refractivity contribution is 5.93. The fourth-order valence-corrected chi connectivity index (χ4v) is 4.17. The minimum Gasteiger partial charge on any atom is -0.369 e. The molecule has 2 aliphatic heterocycles. The summed E-state index contributed by atoms with van der Waals surface area (Å²) in [5, 5.41) is 2.96. The van der Waals surface area contributed by atoms with E-state index in [0.717, 1.165) is 56.5 Å². The van der Waals surface area contributed by atoms with E-state index in [9.17, 15) is 9.59 Å². The molecule has 8 nitrogen and oxygen atoms in total. The maximum atomic E-state index is 12.5. The van der Waals surface area contributed by atoms with Crippen molar-refractivity contribution >= 4 is 29.0 Å². The molecule has 2 amide bonds. The number of pyridine rings is 1. The van der Waals surface area contributed by atoms with Gasteiger partial charge in [0.1, 0.15) is 5.82 Å². The molecule has 0 saturated carbocycles. The number of aromatic nitrogens is 1. The number of rotatable bonds is 6. The Bertz CT molecular complexity index is 885. The number of primary amides is 1. The van der Waals surface area contributed by atoms with Crippen molar-refractivity contribution in [1.29, 1.82) is 0 Å². The molecular weight excluding hydrogens is 392 g/mol. The van der Waals surface area contributed by atoms with Crippen molar-refractivity contribution in [2.45, 2.75) is 19.3 Å². The zero-order valence-electron chi connectivity index (χ0n) is 17.8. The Labute approximate surface area is 183 Å². The van der Waals surface area contributed by atoms with Crippen molar-refractivity contribution in [1.82, 2.24) is 9.88 Å². The third-order valence-corrected chi connectivity index (χ3v) is 5.97. The number of nitrogens with zero attached hydrogens (tertiary/aromatic N) is 4. The highest BCUT2D eigenvalue weighted by atomic mass is 16.2. The molecule has 0 radical (unpaired) electrons. The molecule has 2 aliphatic rings. The van der Waals surface area contributed by atoms with Crippen LogP contribution in [0.15, 0.2) is 42.6 Å². The van der Waals surface area contributed by atoms with Crippen LogP contribution in [0.3, 0.4) is 0 Å². The van der Waals surface area contributed by atoms with Crippen LogP contribution in [-0.4, -0.2) is 67.5 Å². The first-order valence-corrected chi connectivity index (χ1v) is 11.0. The van der Waals surface area contributed by atoms with Crippen LogP contribution in [0.4, 0.5) is 17.2 Å². The van der Waals surface area contributed by atoms with E-state index >= 15 is 0 Å². The highest BCUT2D eigenvalue weighted by Crippen LogP contribution is 2.20. The SMILES string of the molecule is NC(=O)c1ccc(N2CCN(CC(=O)Nc3ccc(N4CCCCC4)nc3)CC2)cc1. The number of benzene rings is 1. The second kappa shape index (κ2) is 9.78. The first kappa shape index (κ1) is 21.1. The molecule has 164 valence electrons. The molecule has 0 bridgehead atoms. The summed E-state index contributed by atoms with van der Waals surface area (Å²) < 4.78 is 0. The summed E-state index contributed by atoms with van der Waals surface area (Å²) in [5.41, 5.74) is 7.61. The van der Waals surface area contributed by atoms with Crippen LogP contribution in [0, 0.1) is 0 Å². The number of nitrogens with one attached hydrogen (secondary N) is 1. The van der Waals surface area contributed by atoms with E-state index in [4.69, 9.17) is 5.73 Å². The van der Waals surface area contributed by atoms with Gasteiger partial charge in [-0.15, -0.1) is 0 Å². The summed E-state index contributed by atoms with van der Waals surface area (Å²) >= 11 is 0. The predicted molar refractivity (Wildman–Crippen MR) is 123 cm³/mol. The van der Waals surface area contributed by atoms with Crippen LogP contribution in [0.2, 0.25) is 0 Å². The number of carbonyl (C=O) groups is 2. The normalized spacial score (nSPS) is 17.4. The minimum atomic E-state index is -0.418. The molecule has 2 fully saturated rings. The summed E-state index contributed by atoms with van der Waals surface area (Å²) in [6.45, 7) is 5.74. The van der Waals surface area contributed by atoms with Crippen molar-refractivity contribution in [2.75, 3.05) is 60.9 Å². The lowest BCUT2D eigenvalue weighted by Gasteiger charge is -2.35. The fourth-order valence-electron chi connectivity index (χ4n) is 4.17. The molecule has 1 aromatic heterocycles. The Morgan fingerprint density at radius 1 is 0.871 bits per heavy atom. The van der Waals surface area contributed by atoms with E-state index in [0.29, 0.717) is 12.1 Å². The molecule has 2 aromatic rings. The minimum absolute atomic E-state index is 0.0215. The molecule has 0 atom stereocenters. The molecule has 0 unspecified atom stereocenters. The quantitative estimate of drug-likeness (QED) is 0.739. The van der Waals surface area contributed by atoms with E-state index in [-0.39, 0.29) is 5.91 Å². The molecular formula is C23H30N6O2. The van der Waals surface area contributed by atoms with Crippen molar-refractivity contribution in [3.63, 3.8) is 0 Å². The van der Waals surface area contributed by atoms with Crippen LogP contribution in [0.25, 0.3) is 0 Å². The van der Waals surface area contributed by atoms with Crippen LogP contribution in [0.1, 0.15) is 29.6 Å². The fraction of sp³-hybridized carbons (Fsp3) is 0.435. The maximum Gasteiger partial charge on any atom is 0.248 e. The van der Waals surface area contributed by atoms with Gasteiger partial charge in [0.15, 0.2) is 0 Å². The Kier molecular flexibility index (Phi) is 6.66. The molecule has 4 rings (SSSR count). The average molecular weight is 423 g/mol. The Balaban J connectivity index is 1.23. The molecule has 3 N–H and O–H groups in total. The lowest BCUT2D eigenvalue weighted by atomic mass is 10.1. The van der Waals surface area contributed by atoms with Crippen LogP contribution in [0.5, 0.6) is 0 Å². The van der Waals surface area contributed by atoms with E-state index in [1.165, 1.54) is 19.3 Å². The van der Waals surface area contributed by atoms with Gasteiger partial charge in [-0.2, -0.15) is 0 Å². The van der Waals surface area contributed by atoms with Gasteiger partial charge in [0, 0.05) is 50.5 Å². The molecule has 0 aliphatic carbocycles. The molecule has 31 heavy (non-hydrogen) atoms. The standard InChI is InChI=1S/C23H30N6O2/c24-23(31)18-4-7-20(8-5-18)28-14-12-27(13-15-28)17-22(30)26-19-6-9-21(25-16-19)29-10-2-1-3-11-29/h4-9,16H,1-3,10-15,17H2,(H2,24,31)(H,26,30). The van der Waals surface area contributed by atoms with Gasteiger partial charge in [0.05, 0.1) is 18.4 Å². The smallest absolute Gasteiger partial charge is 0.248 e. The van der Waals surface area contributed by atoms with Crippen LogP contribution >= 0.6 is 0 Å². The van der Waals surface area contributed by atoms with Crippen molar-refractivity contribution in [3.8, 4) is 0 Å². The second-order valence-corrected chi connectivity index (χ2v) is 8.18. The number of piperazine rings is 1. The first-order chi connectivity index (χ1) is 15.1. The third kappa shape index (κ3) is 5.52. The maximum absolute atomic E-state index is 12.5. The summed E-state index contributed by atoms with van der Waals surface area (Å²) in [6, 6.07) is 11.3. The van der Waals surface area contributed by atoms with Gasteiger partial charge in [0.25, 0.3) is 0 Å². The van der Waals surface area contributed by atoms with Gasteiger partial charge in [0.2, 0.25) is 11.8 Å². The van der Waals surface area contributed by atoms with Crippen molar-refractivity contribution < 1.29 is 9.59 Å². The number of amides is 2. The Hall–Kier alpha value is -3.13. The van der Waals surface area contributed by atoms with Gasteiger partial charge in [-0.1, -0.05) is 0 Å². The van der Waals surface area contributed by atoms with E-state index < -0.39 is 5.91 Å². The van der Waals surface area contributed by atoms with E-state index in [2.05, 4.69) is 25.0 Å². The van der Waals surface area contributed by atoms with Crippen molar-refractivity contribution in [2.24, 2.45) is 5.73 Å². The highest BCUT2D eigenvalue weighted by Gasteiger charge is 2.20. The molecule has 2 saturated heterocycles. The zero-order chi connectivity index (χ0) is 21.6. The average Bonchev–Trinajstić information content (AvgIpc) is 2.81. The predicted octanol–water partition coefficient (Wildman–Crippen LogP) is 1.93. The first-order valence-electron chi connectivity index (χ1n) is 11.0. The molecule has 3 heterocycles. The van der Waals surface area contributed by atoms with Crippen LogP contribution < -0.4 is 20.9 Å². The molecule has 8 heteroatoms. The summed E-state index contributed by atoms with van der Waals surface area (Å²) in [4.78, 5) is 34.9. The summed E-state index contributed by atoms with van der Waals surface area (Å²) in [5.74, 6) is 0.545. The lowest BCUT2D eigenvalue weighted by Crippen LogP contribution is -2.48. The van der Waals surface area contributed by atoms with Crippen molar-refractivity contribution in [3.05, 3.63) is 48.2 Å². The summed E-state index contributed by atoms with van der Waals surface area (Å²) in [7, 11) is 0. The third-order valence-electron chi connectivity index (χ3n) is 5.97. The van der Waals surface area contributed by atoms with Gasteiger partial charge < -0.3 is 20.9 Å². The summed E-state index contributed by atoms with van der Waals surface area (Å²) in [6.07, 6.45) is 5.47. The van der Waals surface area contributed by atoms with E-state index in [1.54, 1.807) is 18.3 Å². The molecule has 0 spiro atoms. The largest absolute Gasteiger partial charge is 0.369 e. The Morgan fingerprint density at radius 3 is 2.19 bits per heavy atom. The number of hydrogen-bond donors (Lipinski definition) is 2. The van der Waals surface area contributed by atoms with Gasteiger partial charge in [-0.05, 0) is 55.7 Å². The number of hydrogen-bond acceptors (Lipinski definition) is 6. The molecule has 1 aromatic carbocycles. The number of anilines is 3. The van der Waals surface area contributed by atoms with Gasteiger partial charge in [-0.3, -0.25) is 14.5 Å². The number of carbonyl (C=O) groups excluding carboxylic acids is 2. The number of piperidine rings is 1. The van der Waals surface area contributed by atoms with Crippen LogP contribution in [-0.2, 0) is 4.79 Å². The number of nitrogens with two attached hydrogens (primary N) is 1. The lowest BCUT2D eigenvalue weighted by molar-refractivity contribution is -0.117.